The molecule has 7 heteroatoms. The first kappa shape index (κ1) is 21.2. The van der Waals surface area contributed by atoms with E-state index in [1.165, 1.54) is 5.69 Å². The van der Waals surface area contributed by atoms with Crippen molar-refractivity contribution in [2.24, 2.45) is 10.8 Å². The monoisotopic (exact) mass is 448 g/mol. The summed E-state index contributed by atoms with van der Waals surface area (Å²) < 4.78 is 6.13. The van der Waals surface area contributed by atoms with E-state index < -0.39 is 0 Å². The predicted octanol–water partition coefficient (Wildman–Crippen LogP) is 4.38. The molecule has 0 aliphatic carbocycles. The van der Waals surface area contributed by atoms with Crippen LogP contribution in [0.5, 0.6) is 5.75 Å². The molecule has 0 heterocycles. The molecule has 2 rings (SSSR count). The van der Waals surface area contributed by atoms with Gasteiger partial charge in [0.15, 0.2) is 5.11 Å². The first-order chi connectivity index (χ1) is 13.0. The summed E-state index contributed by atoms with van der Waals surface area (Å²) in [5.41, 5.74) is 9.05. The van der Waals surface area contributed by atoms with Crippen LogP contribution in [0, 0.1) is 0 Å². The van der Waals surface area contributed by atoms with Gasteiger partial charge in [-0.15, -0.1) is 0 Å². The second kappa shape index (κ2) is 10.3. The van der Waals surface area contributed by atoms with E-state index in [0.717, 1.165) is 34.4 Å². The van der Waals surface area contributed by atoms with Crippen molar-refractivity contribution in [1.29, 1.82) is 0 Å². The maximum absolute atomic E-state index is 5.84. The second-order valence-corrected chi connectivity index (χ2v) is 7.15. The highest BCUT2D eigenvalue weighted by Crippen LogP contribution is 2.26. The number of anilines is 1. The van der Waals surface area contributed by atoms with Crippen LogP contribution in [0.4, 0.5) is 5.69 Å². The van der Waals surface area contributed by atoms with Gasteiger partial charge in [-0.3, -0.25) is 0 Å². The van der Waals surface area contributed by atoms with Gasteiger partial charge in [-0.05, 0) is 77.4 Å². The van der Waals surface area contributed by atoms with Crippen LogP contribution in [0.3, 0.4) is 0 Å². The number of ether oxygens (including phenoxy) is 1. The molecule has 0 unspecified atom stereocenters. The molecule has 0 aliphatic rings. The highest BCUT2D eigenvalue weighted by atomic mass is 79.9. The van der Waals surface area contributed by atoms with Crippen LogP contribution in [-0.2, 0) is 6.54 Å². The zero-order valence-electron chi connectivity index (χ0n) is 15.9. The molecule has 2 aromatic carbocycles. The average molecular weight is 449 g/mol. The maximum Gasteiger partial charge on any atom is 0.187 e. The number of hydrazone groups is 1. The molecule has 27 heavy (non-hydrogen) atoms. The molecule has 0 saturated carbocycles. The normalized spacial score (nSPS) is 10.8. The molecule has 0 spiro atoms. The highest BCUT2D eigenvalue weighted by Gasteiger charge is 2.08. The molecule has 0 amide bonds. The smallest absolute Gasteiger partial charge is 0.187 e. The summed E-state index contributed by atoms with van der Waals surface area (Å²) in [6, 6.07) is 14.1. The Morgan fingerprint density at radius 3 is 2.37 bits per heavy atom. The van der Waals surface area contributed by atoms with Crippen LogP contribution in [0.2, 0.25) is 0 Å². The summed E-state index contributed by atoms with van der Waals surface area (Å²) in [7, 11) is 1.64. The zero-order valence-corrected chi connectivity index (χ0v) is 18.3. The minimum Gasteiger partial charge on any atom is -0.496 e. The Kier molecular flexibility index (Phi) is 8.06. The fourth-order valence-corrected chi connectivity index (χ4v) is 3.35. The fraction of sp³-hybridized carbons (Fsp3) is 0.300. The lowest BCUT2D eigenvalue weighted by Gasteiger charge is -2.21. The molecule has 2 aromatic rings. The molecular weight excluding hydrogens is 424 g/mol. The Morgan fingerprint density at radius 1 is 1.19 bits per heavy atom. The Labute approximate surface area is 174 Å². The van der Waals surface area contributed by atoms with Crippen molar-refractivity contribution in [2.75, 3.05) is 25.1 Å². The summed E-state index contributed by atoms with van der Waals surface area (Å²) in [5.74, 6) is 0.775. The van der Waals surface area contributed by atoms with Crippen molar-refractivity contribution in [1.82, 2.24) is 5.01 Å². The van der Waals surface area contributed by atoms with E-state index in [2.05, 4.69) is 51.9 Å². The van der Waals surface area contributed by atoms with E-state index in [-0.39, 0.29) is 5.11 Å². The van der Waals surface area contributed by atoms with Gasteiger partial charge < -0.3 is 15.4 Å². The van der Waals surface area contributed by atoms with Crippen molar-refractivity contribution in [3.8, 4) is 5.75 Å². The van der Waals surface area contributed by atoms with Gasteiger partial charge in [0.25, 0.3) is 0 Å². The van der Waals surface area contributed by atoms with Gasteiger partial charge in [0.05, 0.1) is 24.3 Å². The molecular formula is C20H25BrN4OS. The minimum absolute atomic E-state index is 0.220. The summed E-state index contributed by atoms with van der Waals surface area (Å²) in [4.78, 5) is 2.30. The van der Waals surface area contributed by atoms with E-state index in [1.807, 2.05) is 30.3 Å². The number of nitrogens with two attached hydrogens (primary N) is 1. The summed E-state index contributed by atoms with van der Waals surface area (Å²) >= 11 is 8.64. The van der Waals surface area contributed by atoms with E-state index in [4.69, 9.17) is 22.7 Å². The molecule has 144 valence electrons. The molecule has 0 aliphatic heterocycles. The summed E-state index contributed by atoms with van der Waals surface area (Å²) in [5, 5.41) is 6.28. The molecule has 5 nitrogen and oxygen atoms in total. The van der Waals surface area contributed by atoms with Crippen molar-refractivity contribution in [3.63, 3.8) is 0 Å². The number of hydrogen-bond donors (Lipinski definition) is 1. The Morgan fingerprint density at radius 2 is 1.85 bits per heavy atom. The van der Waals surface area contributed by atoms with Crippen molar-refractivity contribution in [2.45, 2.75) is 20.4 Å². The number of thiocarbonyl (C=S) groups is 1. The number of methoxy groups -OCH3 is 1. The largest absolute Gasteiger partial charge is 0.496 e. The number of halogens is 1. The Hall–Kier alpha value is -2.12. The van der Waals surface area contributed by atoms with E-state index in [9.17, 15) is 0 Å². The van der Waals surface area contributed by atoms with Gasteiger partial charge in [0.1, 0.15) is 5.75 Å². The molecule has 0 saturated heterocycles. The van der Waals surface area contributed by atoms with E-state index in [0.29, 0.717) is 6.54 Å². The molecule has 0 atom stereocenters. The van der Waals surface area contributed by atoms with E-state index >= 15 is 0 Å². The van der Waals surface area contributed by atoms with Gasteiger partial charge in [0, 0.05) is 18.8 Å². The highest BCUT2D eigenvalue weighted by molar-refractivity contribution is 9.10. The Balaban J connectivity index is 2.11. The lowest BCUT2D eigenvalue weighted by Crippen LogP contribution is -2.30. The third kappa shape index (κ3) is 5.94. The number of rotatable bonds is 8. The van der Waals surface area contributed by atoms with Crippen molar-refractivity contribution in [3.05, 3.63) is 58.1 Å². The van der Waals surface area contributed by atoms with Gasteiger partial charge in [-0.2, -0.15) is 5.10 Å². The zero-order chi connectivity index (χ0) is 19.8. The molecule has 2 N–H and O–H groups in total. The van der Waals surface area contributed by atoms with E-state index in [1.54, 1.807) is 18.3 Å². The van der Waals surface area contributed by atoms with Gasteiger partial charge in [-0.25, -0.2) is 5.01 Å². The maximum atomic E-state index is 5.84. The third-order valence-electron chi connectivity index (χ3n) is 4.17. The standard InChI is InChI=1S/C20H25BrN4OS/c1-4-24(5-2)17-9-6-15(7-10-17)13-23-25(20(22)27)14-16-8-11-19(26-3)18(21)12-16/h6-13H,4-5,14H2,1-3H3,(H2,22,27)/b23-13-. The Bertz CT molecular complexity index is 791. The molecule has 0 bridgehead atoms. The van der Waals surface area contributed by atoms with Crippen LogP contribution in [0.25, 0.3) is 0 Å². The average Bonchev–Trinajstić information content (AvgIpc) is 2.67. The van der Waals surface area contributed by atoms with Gasteiger partial charge >= 0.3 is 0 Å². The van der Waals surface area contributed by atoms with Gasteiger partial charge in [0.2, 0.25) is 0 Å². The van der Waals surface area contributed by atoms with Crippen molar-refractivity contribution < 1.29 is 4.74 Å². The third-order valence-corrected chi connectivity index (χ3v) is 5.00. The second-order valence-electron chi connectivity index (χ2n) is 5.87. The van der Waals surface area contributed by atoms with Crippen molar-refractivity contribution >= 4 is 45.2 Å². The quantitative estimate of drug-likeness (QED) is 0.368. The topological polar surface area (TPSA) is 54.1 Å². The minimum atomic E-state index is 0.220. The van der Waals surface area contributed by atoms with Crippen LogP contribution in [0.1, 0.15) is 25.0 Å². The summed E-state index contributed by atoms with van der Waals surface area (Å²) in [6.07, 6.45) is 1.77. The SMILES string of the molecule is CCN(CC)c1ccc(/C=N\N(Cc2ccc(OC)c(Br)c2)C(N)=S)cc1. The lowest BCUT2D eigenvalue weighted by molar-refractivity contribution is 0.410. The first-order valence-electron chi connectivity index (χ1n) is 8.76. The van der Waals surface area contributed by atoms with Crippen LogP contribution >= 0.6 is 28.1 Å². The van der Waals surface area contributed by atoms with Gasteiger partial charge in [-0.1, -0.05) is 18.2 Å². The first-order valence-corrected chi connectivity index (χ1v) is 9.97. The molecule has 0 radical (unpaired) electrons. The van der Waals surface area contributed by atoms with Crippen LogP contribution < -0.4 is 15.4 Å². The lowest BCUT2D eigenvalue weighted by atomic mass is 10.2. The summed E-state index contributed by atoms with van der Waals surface area (Å²) in [6.45, 7) is 6.74. The van der Waals surface area contributed by atoms with Crippen LogP contribution in [0.15, 0.2) is 52.0 Å². The molecule has 0 aromatic heterocycles. The molecule has 0 fully saturated rings. The number of benzene rings is 2. The fourth-order valence-electron chi connectivity index (χ4n) is 2.65. The van der Waals surface area contributed by atoms with Crippen LogP contribution in [-0.4, -0.2) is 36.5 Å². The number of hydrogen-bond acceptors (Lipinski definition) is 4. The predicted molar refractivity (Wildman–Crippen MR) is 121 cm³/mol. The number of nitrogens with zero attached hydrogens (tertiary/aromatic N) is 3.